The van der Waals surface area contributed by atoms with Gasteiger partial charge in [-0.3, -0.25) is 4.79 Å². The van der Waals surface area contributed by atoms with Gasteiger partial charge in [0.05, 0.1) is 12.1 Å². The number of hydrogen-bond acceptors (Lipinski definition) is 4. The van der Waals surface area contributed by atoms with Crippen LogP contribution in [0.5, 0.6) is 0 Å². The minimum Gasteiger partial charge on any atom is -0.478 e. The summed E-state index contributed by atoms with van der Waals surface area (Å²) >= 11 is 0. The van der Waals surface area contributed by atoms with Crippen LogP contribution in [-0.2, 0) is 17.8 Å². The highest BCUT2D eigenvalue weighted by molar-refractivity contribution is 6.01. The number of halogens is 1. The van der Waals surface area contributed by atoms with Crippen molar-refractivity contribution in [2.24, 2.45) is 5.92 Å². The van der Waals surface area contributed by atoms with E-state index in [2.05, 4.69) is 5.32 Å². The average Bonchev–Trinajstić information content (AvgIpc) is 2.73. The van der Waals surface area contributed by atoms with Crippen molar-refractivity contribution in [3.8, 4) is 11.1 Å². The number of carboxylic acids is 1. The van der Waals surface area contributed by atoms with Gasteiger partial charge in [0.15, 0.2) is 0 Å². The zero-order chi connectivity index (χ0) is 25.2. The Bertz CT molecular complexity index is 1310. The summed E-state index contributed by atoms with van der Waals surface area (Å²) in [5.74, 6) is -1.62. The quantitative estimate of drug-likeness (QED) is 0.519. The van der Waals surface area contributed by atoms with Crippen LogP contribution in [0.25, 0.3) is 21.9 Å². The van der Waals surface area contributed by atoms with Crippen molar-refractivity contribution in [2.45, 2.75) is 53.3 Å². The number of aromatic carboxylic acids is 1. The molecule has 0 radical (unpaired) electrons. The first-order valence-corrected chi connectivity index (χ1v) is 11.0. The third-order valence-electron chi connectivity index (χ3n) is 5.12. The van der Waals surface area contributed by atoms with Crippen molar-refractivity contribution in [3.63, 3.8) is 0 Å². The Morgan fingerprint density at radius 1 is 1.12 bits per heavy atom. The lowest BCUT2D eigenvalue weighted by molar-refractivity contribution is 0.0521. The molecule has 0 aliphatic carbocycles. The second-order valence-corrected chi connectivity index (χ2v) is 9.53. The molecule has 3 aromatic rings. The van der Waals surface area contributed by atoms with Crippen LogP contribution in [0.4, 0.5) is 9.18 Å². The van der Waals surface area contributed by atoms with Gasteiger partial charge in [-0.1, -0.05) is 32.0 Å². The molecule has 0 atom stereocenters. The molecule has 0 aliphatic heterocycles. The van der Waals surface area contributed by atoms with E-state index in [-0.39, 0.29) is 34.5 Å². The number of carbonyl (C=O) groups is 2. The van der Waals surface area contributed by atoms with Crippen molar-refractivity contribution in [1.29, 1.82) is 0 Å². The van der Waals surface area contributed by atoms with Gasteiger partial charge in [0.2, 0.25) is 0 Å². The summed E-state index contributed by atoms with van der Waals surface area (Å²) in [5.41, 5.74) is -0.180. The number of pyridine rings is 1. The predicted octanol–water partition coefficient (Wildman–Crippen LogP) is 5.19. The van der Waals surface area contributed by atoms with Gasteiger partial charge in [-0.25, -0.2) is 14.0 Å². The highest BCUT2D eigenvalue weighted by Gasteiger charge is 2.23. The van der Waals surface area contributed by atoms with E-state index in [4.69, 9.17) is 4.74 Å². The lowest BCUT2D eigenvalue weighted by atomic mass is 9.94. The molecule has 0 saturated heterocycles. The van der Waals surface area contributed by atoms with Crippen molar-refractivity contribution >= 4 is 22.8 Å². The lowest BCUT2D eigenvalue weighted by Gasteiger charge is -2.23. The zero-order valence-electron chi connectivity index (χ0n) is 19.9. The molecule has 2 N–H and O–H groups in total. The molecule has 0 unspecified atom stereocenters. The maximum absolute atomic E-state index is 15.0. The molecule has 0 aliphatic rings. The minimum absolute atomic E-state index is 0.0304. The lowest BCUT2D eigenvalue weighted by Crippen LogP contribution is -2.35. The Labute approximate surface area is 197 Å². The van der Waals surface area contributed by atoms with Gasteiger partial charge in [-0.15, -0.1) is 0 Å². The third-order valence-corrected chi connectivity index (χ3v) is 5.12. The van der Waals surface area contributed by atoms with Gasteiger partial charge in [0.1, 0.15) is 11.4 Å². The van der Waals surface area contributed by atoms with E-state index in [1.165, 1.54) is 28.8 Å². The minimum atomic E-state index is -1.17. The summed E-state index contributed by atoms with van der Waals surface area (Å²) in [6.45, 7) is 9.28. The van der Waals surface area contributed by atoms with E-state index in [0.29, 0.717) is 23.2 Å². The van der Waals surface area contributed by atoms with Gasteiger partial charge >= 0.3 is 12.1 Å². The topological polar surface area (TPSA) is 97.6 Å². The molecule has 34 heavy (non-hydrogen) atoms. The van der Waals surface area contributed by atoms with Crippen molar-refractivity contribution in [3.05, 3.63) is 69.9 Å². The van der Waals surface area contributed by atoms with Crippen molar-refractivity contribution in [1.82, 2.24) is 9.88 Å². The number of rotatable bonds is 6. The molecule has 7 nitrogen and oxygen atoms in total. The number of nitrogens with one attached hydrogen (secondary N) is 1. The number of alkyl carbamates (subject to hydrolysis) is 1. The third kappa shape index (κ3) is 5.44. The molecular formula is C26H29FN2O5. The van der Waals surface area contributed by atoms with Gasteiger partial charge in [0.25, 0.3) is 5.56 Å². The molecule has 0 fully saturated rings. The number of carboxylic acid groups (broad SMARTS) is 1. The van der Waals surface area contributed by atoms with Crippen molar-refractivity contribution in [2.75, 3.05) is 0 Å². The summed E-state index contributed by atoms with van der Waals surface area (Å²) in [6, 6.07) is 10.3. The summed E-state index contributed by atoms with van der Waals surface area (Å²) in [4.78, 5) is 37.5. The fourth-order valence-corrected chi connectivity index (χ4v) is 3.81. The number of fused-ring (bicyclic) bond motifs is 1. The largest absolute Gasteiger partial charge is 0.478 e. The molecule has 3 rings (SSSR count). The predicted molar refractivity (Wildman–Crippen MR) is 128 cm³/mol. The van der Waals surface area contributed by atoms with Crippen LogP contribution in [0.3, 0.4) is 0 Å². The second kappa shape index (κ2) is 9.67. The first kappa shape index (κ1) is 25.0. The number of hydrogen-bond donors (Lipinski definition) is 2. The molecule has 1 heterocycles. The maximum Gasteiger partial charge on any atom is 0.407 e. The normalized spacial score (nSPS) is 11.6. The highest BCUT2D eigenvalue weighted by atomic mass is 19.1. The first-order chi connectivity index (χ1) is 15.9. The number of benzene rings is 2. The Balaban J connectivity index is 2.35. The molecule has 0 bridgehead atoms. The number of carbonyl (C=O) groups excluding carboxylic acids is 1. The Morgan fingerprint density at radius 3 is 2.38 bits per heavy atom. The number of ether oxygens (including phenoxy) is 1. The van der Waals surface area contributed by atoms with Crippen LogP contribution in [0.2, 0.25) is 0 Å². The van der Waals surface area contributed by atoms with Crippen LogP contribution in [-0.4, -0.2) is 27.3 Å². The van der Waals surface area contributed by atoms with Gasteiger partial charge in [0, 0.05) is 28.8 Å². The summed E-state index contributed by atoms with van der Waals surface area (Å²) in [5, 5.41) is 12.8. The van der Waals surface area contributed by atoms with E-state index in [1.54, 1.807) is 39.0 Å². The summed E-state index contributed by atoms with van der Waals surface area (Å²) in [6.07, 6.45) is -0.685. The summed E-state index contributed by atoms with van der Waals surface area (Å²) in [7, 11) is 0. The van der Waals surface area contributed by atoms with Gasteiger partial charge < -0.3 is 19.7 Å². The van der Waals surface area contributed by atoms with E-state index in [1.807, 2.05) is 13.8 Å². The Morgan fingerprint density at radius 2 is 1.79 bits per heavy atom. The second-order valence-electron chi connectivity index (χ2n) is 9.53. The van der Waals surface area contributed by atoms with E-state index in [0.717, 1.165) is 0 Å². The van der Waals surface area contributed by atoms with Crippen LogP contribution in [0, 0.1) is 11.7 Å². The van der Waals surface area contributed by atoms with E-state index < -0.39 is 23.5 Å². The smallest absolute Gasteiger partial charge is 0.407 e. The SMILES string of the molecule is CC(C)Cn1c(CNC(=O)OC(C)(C)C)c(-c2ccccc2F)c2cc(C(=O)O)ccc2c1=O. The van der Waals surface area contributed by atoms with Gasteiger partial charge in [-0.05, 0) is 56.3 Å². The zero-order valence-corrected chi connectivity index (χ0v) is 19.9. The van der Waals surface area contributed by atoms with Crippen LogP contribution in [0.15, 0.2) is 47.3 Å². The van der Waals surface area contributed by atoms with Crippen molar-refractivity contribution < 1.29 is 23.8 Å². The van der Waals surface area contributed by atoms with E-state index >= 15 is 4.39 Å². The van der Waals surface area contributed by atoms with Gasteiger partial charge in [-0.2, -0.15) is 0 Å². The molecular weight excluding hydrogens is 439 g/mol. The highest BCUT2D eigenvalue weighted by Crippen LogP contribution is 2.33. The molecule has 0 spiro atoms. The first-order valence-electron chi connectivity index (χ1n) is 11.0. The molecule has 8 heteroatoms. The van der Waals surface area contributed by atoms with Crippen LogP contribution in [0.1, 0.15) is 50.7 Å². The average molecular weight is 469 g/mol. The number of nitrogens with zero attached hydrogens (tertiary/aromatic N) is 1. The fraction of sp³-hybridized carbons (Fsp3) is 0.346. The van der Waals surface area contributed by atoms with Crippen LogP contribution >= 0.6 is 0 Å². The van der Waals surface area contributed by atoms with E-state index in [9.17, 15) is 19.5 Å². The molecule has 1 aromatic heterocycles. The fourth-order valence-electron chi connectivity index (χ4n) is 3.81. The monoisotopic (exact) mass is 468 g/mol. The van der Waals surface area contributed by atoms with Crippen LogP contribution < -0.4 is 10.9 Å². The molecule has 180 valence electrons. The summed E-state index contributed by atoms with van der Waals surface area (Å²) < 4.78 is 21.9. The maximum atomic E-state index is 15.0. The number of amides is 1. The number of aromatic nitrogens is 1. The Kier molecular flexibility index (Phi) is 7.09. The molecule has 0 saturated carbocycles. The molecule has 2 aromatic carbocycles. The molecule has 1 amide bonds. The standard InChI is InChI=1S/C26H29FN2O5/c1-15(2)14-29-21(13-28-25(33)34-26(3,4)5)22(18-8-6-7-9-20(18)27)19-12-16(24(31)32)10-11-17(19)23(29)30/h6-12,15H,13-14H2,1-5H3,(H,28,33)(H,31,32). The Hall–Kier alpha value is -3.68.